The van der Waals surface area contributed by atoms with Crippen LogP contribution < -0.4 is 5.32 Å². The number of esters is 1. The van der Waals surface area contributed by atoms with Crippen molar-refractivity contribution in [3.05, 3.63) is 18.2 Å². The Balaban J connectivity index is 2.25. The molecule has 2 rings (SSSR count). The van der Waals surface area contributed by atoms with E-state index in [0.29, 0.717) is 12.5 Å². The largest absolute Gasteiger partial charge is 0.468 e. The van der Waals surface area contributed by atoms with Crippen LogP contribution in [-0.4, -0.2) is 34.7 Å². The van der Waals surface area contributed by atoms with E-state index in [1.807, 2.05) is 12.4 Å². The third kappa shape index (κ3) is 3.46. The Kier molecular flexibility index (Phi) is 5.39. The van der Waals surface area contributed by atoms with Gasteiger partial charge in [-0.3, -0.25) is 0 Å². The van der Waals surface area contributed by atoms with Gasteiger partial charge in [-0.05, 0) is 38.1 Å². The SMILES string of the molecule is CCCNC(Cn1ccnc1CCC)(C(=O)OC)C1CC1. The zero-order chi connectivity index (χ0) is 15.3. The molecule has 21 heavy (non-hydrogen) atoms. The van der Waals surface area contributed by atoms with Gasteiger partial charge >= 0.3 is 5.97 Å². The Hall–Kier alpha value is -1.36. The topological polar surface area (TPSA) is 56.2 Å². The Morgan fingerprint density at radius 2 is 2.24 bits per heavy atom. The van der Waals surface area contributed by atoms with Crippen molar-refractivity contribution in [3.63, 3.8) is 0 Å². The summed E-state index contributed by atoms with van der Waals surface area (Å²) < 4.78 is 7.24. The molecule has 1 aliphatic rings. The summed E-state index contributed by atoms with van der Waals surface area (Å²) in [5, 5.41) is 3.48. The molecule has 1 aromatic heterocycles. The van der Waals surface area contributed by atoms with Gasteiger partial charge in [0.05, 0.1) is 13.7 Å². The molecule has 5 nitrogen and oxygen atoms in total. The van der Waals surface area contributed by atoms with E-state index in [0.717, 1.165) is 44.5 Å². The number of rotatable bonds is 9. The van der Waals surface area contributed by atoms with Crippen molar-refractivity contribution in [2.75, 3.05) is 13.7 Å². The molecule has 5 heteroatoms. The van der Waals surface area contributed by atoms with Gasteiger partial charge in [-0.2, -0.15) is 0 Å². The molecule has 1 aliphatic carbocycles. The van der Waals surface area contributed by atoms with E-state index in [4.69, 9.17) is 4.74 Å². The zero-order valence-corrected chi connectivity index (χ0v) is 13.4. The van der Waals surface area contributed by atoms with Crippen LogP contribution in [0.1, 0.15) is 45.4 Å². The first-order chi connectivity index (χ1) is 10.2. The van der Waals surface area contributed by atoms with E-state index in [2.05, 4.69) is 28.7 Å². The number of nitrogens with zero attached hydrogens (tertiary/aromatic N) is 2. The van der Waals surface area contributed by atoms with Crippen LogP contribution in [0, 0.1) is 5.92 Å². The second kappa shape index (κ2) is 7.07. The number of aromatic nitrogens is 2. The van der Waals surface area contributed by atoms with E-state index in [1.54, 1.807) is 0 Å². The van der Waals surface area contributed by atoms with Gasteiger partial charge in [0.2, 0.25) is 0 Å². The molecule has 0 spiro atoms. The van der Waals surface area contributed by atoms with E-state index < -0.39 is 5.54 Å². The molecule has 1 aromatic rings. The maximum atomic E-state index is 12.5. The summed E-state index contributed by atoms with van der Waals surface area (Å²) >= 11 is 0. The number of nitrogens with one attached hydrogen (secondary N) is 1. The lowest BCUT2D eigenvalue weighted by molar-refractivity contribution is -0.150. The summed E-state index contributed by atoms with van der Waals surface area (Å²) in [5.41, 5.74) is -0.603. The first-order valence-electron chi connectivity index (χ1n) is 8.01. The average Bonchev–Trinajstić information content (AvgIpc) is 3.26. The van der Waals surface area contributed by atoms with Gasteiger partial charge in [-0.25, -0.2) is 9.78 Å². The zero-order valence-electron chi connectivity index (χ0n) is 13.4. The van der Waals surface area contributed by atoms with Crippen molar-refractivity contribution >= 4 is 5.97 Å². The van der Waals surface area contributed by atoms with Gasteiger partial charge in [0, 0.05) is 18.8 Å². The smallest absolute Gasteiger partial charge is 0.328 e. The lowest BCUT2D eigenvalue weighted by Crippen LogP contribution is -2.57. The van der Waals surface area contributed by atoms with Crippen LogP contribution >= 0.6 is 0 Å². The molecular formula is C16H27N3O2. The van der Waals surface area contributed by atoms with Crippen molar-refractivity contribution in [3.8, 4) is 0 Å². The molecule has 0 aliphatic heterocycles. The second-order valence-electron chi connectivity index (χ2n) is 5.89. The third-order valence-electron chi connectivity index (χ3n) is 4.21. The van der Waals surface area contributed by atoms with Crippen molar-refractivity contribution < 1.29 is 9.53 Å². The normalized spacial score (nSPS) is 17.5. The highest BCUT2D eigenvalue weighted by atomic mass is 16.5. The predicted molar refractivity (Wildman–Crippen MR) is 82.0 cm³/mol. The number of imidazole rings is 1. The molecule has 0 saturated heterocycles. The highest BCUT2D eigenvalue weighted by molar-refractivity contribution is 5.81. The third-order valence-corrected chi connectivity index (χ3v) is 4.21. The fourth-order valence-corrected chi connectivity index (χ4v) is 2.94. The maximum Gasteiger partial charge on any atom is 0.328 e. The number of methoxy groups -OCH3 is 1. The fraction of sp³-hybridized carbons (Fsp3) is 0.750. The Morgan fingerprint density at radius 3 is 2.81 bits per heavy atom. The molecule has 0 radical (unpaired) electrons. The highest BCUT2D eigenvalue weighted by Crippen LogP contribution is 2.41. The summed E-state index contributed by atoms with van der Waals surface area (Å²) in [6.07, 6.45) is 8.94. The number of carbonyl (C=O) groups excluding carboxylic acids is 1. The first kappa shape index (κ1) is 16.0. The summed E-state index contributed by atoms with van der Waals surface area (Å²) in [5.74, 6) is 1.27. The summed E-state index contributed by atoms with van der Waals surface area (Å²) in [4.78, 5) is 16.9. The minimum Gasteiger partial charge on any atom is -0.468 e. The minimum absolute atomic E-state index is 0.144. The number of hydrogen-bond donors (Lipinski definition) is 1. The van der Waals surface area contributed by atoms with Crippen LogP contribution in [-0.2, 0) is 22.5 Å². The quantitative estimate of drug-likeness (QED) is 0.709. The van der Waals surface area contributed by atoms with Crippen LogP contribution in [0.3, 0.4) is 0 Å². The number of aryl methyl sites for hydroxylation is 1. The molecule has 118 valence electrons. The molecule has 1 heterocycles. The van der Waals surface area contributed by atoms with Crippen LogP contribution in [0.15, 0.2) is 12.4 Å². The number of ether oxygens (including phenoxy) is 1. The molecule has 1 N–H and O–H groups in total. The van der Waals surface area contributed by atoms with Crippen LogP contribution in [0.4, 0.5) is 0 Å². The Labute approximate surface area is 127 Å². The van der Waals surface area contributed by atoms with Crippen LogP contribution in [0.2, 0.25) is 0 Å². The van der Waals surface area contributed by atoms with Crippen LogP contribution in [0.5, 0.6) is 0 Å². The highest BCUT2D eigenvalue weighted by Gasteiger charge is 2.52. The van der Waals surface area contributed by atoms with Gasteiger partial charge in [-0.1, -0.05) is 13.8 Å². The first-order valence-corrected chi connectivity index (χ1v) is 8.01. The van der Waals surface area contributed by atoms with Gasteiger partial charge < -0.3 is 14.6 Å². The molecule has 0 aromatic carbocycles. The second-order valence-corrected chi connectivity index (χ2v) is 5.89. The molecule has 1 unspecified atom stereocenters. The van der Waals surface area contributed by atoms with Crippen LogP contribution in [0.25, 0.3) is 0 Å². The molecule has 1 fully saturated rings. The predicted octanol–water partition coefficient (Wildman–Crippen LogP) is 2.16. The van der Waals surface area contributed by atoms with Gasteiger partial charge in [0.25, 0.3) is 0 Å². The standard InChI is InChI=1S/C16H27N3O2/c1-4-6-14-17-10-11-19(14)12-16(13-7-8-13,15(20)21-3)18-9-5-2/h10-11,13,18H,4-9,12H2,1-3H3. The van der Waals surface area contributed by atoms with Crippen molar-refractivity contribution in [2.45, 2.75) is 58.0 Å². The van der Waals surface area contributed by atoms with Gasteiger partial charge in [-0.15, -0.1) is 0 Å². The van der Waals surface area contributed by atoms with Crippen molar-refractivity contribution in [1.82, 2.24) is 14.9 Å². The number of carbonyl (C=O) groups is 1. The van der Waals surface area contributed by atoms with E-state index in [-0.39, 0.29) is 5.97 Å². The molecular weight excluding hydrogens is 266 g/mol. The van der Waals surface area contributed by atoms with Gasteiger partial charge in [0.15, 0.2) is 0 Å². The molecule has 0 amide bonds. The summed E-state index contributed by atoms with van der Waals surface area (Å²) in [7, 11) is 1.48. The van der Waals surface area contributed by atoms with E-state index in [1.165, 1.54) is 7.11 Å². The maximum absolute atomic E-state index is 12.5. The van der Waals surface area contributed by atoms with Gasteiger partial charge in [0.1, 0.15) is 11.4 Å². The van der Waals surface area contributed by atoms with Crippen molar-refractivity contribution in [1.29, 1.82) is 0 Å². The van der Waals surface area contributed by atoms with E-state index in [9.17, 15) is 4.79 Å². The average molecular weight is 293 g/mol. The summed E-state index contributed by atoms with van der Waals surface area (Å²) in [6, 6.07) is 0. The van der Waals surface area contributed by atoms with E-state index >= 15 is 0 Å². The lowest BCUT2D eigenvalue weighted by atomic mass is 9.92. The monoisotopic (exact) mass is 293 g/mol. The Morgan fingerprint density at radius 1 is 1.48 bits per heavy atom. The number of hydrogen-bond acceptors (Lipinski definition) is 4. The molecule has 1 saturated carbocycles. The summed E-state index contributed by atoms with van der Waals surface area (Å²) in [6.45, 7) is 5.69. The fourth-order valence-electron chi connectivity index (χ4n) is 2.94. The molecule has 0 bridgehead atoms. The Bertz CT molecular complexity index is 468. The molecule has 1 atom stereocenters. The van der Waals surface area contributed by atoms with Crippen molar-refractivity contribution in [2.24, 2.45) is 5.92 Å². The minimum atomic E-state index is -0.603. The lowest BCUT2D eigenvalue weighted by Gasteiger charge is -2.33.